The van der Waals surface area contributed by atoms with Gasteiger partial charge in [-0.05, 0) is 62.5 Å². The molecule has 2 N–H and O–H groups in total. The summed E-state index contributed by atoms with van der Waals surface area (Å²) in [6.45, 7) is 6.90. The van der Waals surface area contributed by atoms with Gasteiger partial charge in [-0.1, -0.05) is 0 Å². The maximum Gasteiger partial charge on any atom is 0.171 e. The lowest BCUT2D eigenvalue weighted by Gasteiger charge is -2.21. The third kappa shape index (κ3) is 4.49. The highest BCUT2D eigenvalue weighted by atomic mass is 32.1. The molecule has 0 saturated carbocycles. The predicted octanol–water partition coefficient (Wildman–Crippen LogP) is 3.61. The van der Waals surface area contributed by atoms with E-state index >= 15 is 0 Å². The normalized spacial score (nSPS) is 10.2. The quantitative estimate of drug-likeness (QED) is 0.798. The van der Waals surface area contributed by atoms with Crippen molar-refractivity contribution in [2.75, 3.05) is 23.3 Å². The van der Waals surface area contributed by atoms with E-state index in [0.29, 0.717) is 11.7 Å². The van der Waals surface area contributed by atoms with E-state index in [0.717, 1.165) is 24.5 Å². The summed E-state index contributed by atoms with van der Waals surface area (Å²) in [5, 5.41) is 6.86. The number of thiocarbonyl (C=S) groups is 1. The summed E-state index contributed by atoms with van der Waals surface area (Å²) in [4.78, 5) is 2.30. The van der Waals surface area contributed by atoms with Crippen molar-refractivity contribution in [1.29, 1.82) is 0 Å². The number of benzene rings is 1. The van der Waals surface area contributed by atoms with Gasteiger partial charge < -0.3 is 20.0 Å². The second kappa shape index (κ2) is 7.69. The first-order valence-electron chi connectivity index (χ1n) is 7.15. The van der Waals surface area contributed by atoms with Gasteiger partial charge in [0.15, 0.2) is 5.11 Å². The molecule has 0 spiro atoms. The van der Waals surface area contributed by atoms with Crippen molar-refractivity contribution in [2.45, 2.75) is 20.4 Å². The van der Waals surface area contributed by atoms with E-state index in [1.54, 1.807) is 6.26 Å². The van der Waals surface area contributed by atoms with Gasteiger partial charge in [-0.2, -0.15) is 0 Å². The highest BCUT2D eigenvalue weighted by Crippen LogP contribution is 2.17. The van der Waals surface area contributed by atoms with E-state index in [9.17, 15) is 0 Å². The van der Waals surface area contributed by atoms with Gasteiger partial charge in [0.05, 0.1) is 12.8 Å². The number of furan rings is 1. The average Bonchev–Trinajstić information content (AvgIpc) is 3.01. The standard InChI is InChI=1S/C16H21N3OS/c1-3-19(4-2)14-9-7-13(8-10-14)18-16(21)17-12-15-6-5-11-20-15/h5-11H,3-4,12H2,1-2H3,(H2,17,18,21). The van der Waals surface area contributed by atoms with Gasteiger partial charge in [0, 0.05) is 24.5 Å². The molecule has 2 aromatic rings. The Kier molecular flexibility index (Phi) is 5.63. The lowest BCUT2D eigenvalue weighted by atomic mass is 10.2. The van der Waals surface area contributed by atoms with Gasteiger partial charge >= 0.3 is 0 Å². The van der Waals surface area contributed by atoms with Crippen LogP contribution < -0.4 is 15.5 Å². The largest absolute Gasteiger partial charge is 0.467 e. The van der Waals surface area contributed by atoms with Gasteiger partial charge in [-0.15, -0.1) is 0 Å². The molecule has 0 fully saturated rings. The van der Waals surface area contributed by atoms with E-state index in [-0.39, 0.29) is 0 Å². The lowest BCUT2D eigenvalue weighted by molar-refractivity contribution is 0.503. The molecule has 0 aliphatic heterocycles. The minimum absolute atomic E-state index is 0.580. The molecule has 1 aromatic heterocycles. The van der Waals surface area contributed by atoms with E-state index in [2.05, 4.69) is 41.5 Å². The first-order valence-corrected chi connectivity index (χ1v) is 7.56. The molecule has 4 nitrogen and oxygen atoms in total. The minimum Gasteiger partial charge on any atom is -0.467 e. The van der Waals surface area contributed by atoms with Crippen LogP contribution in [0.3, 0.4) is 0 Å². The lowest BCUT2D eigenvalue weighted by Crippen LogP contribution is -2.27. The topological polar surface area (TPSA) is 40.4 Å². The second-order valence-electron chi connectivity index (χ2n) is 4.61. The Hall–Kier alpha value is -2.01. The summed E-state index contributed by atoms with van der Waals surface area (Å²) in [5.41, 5.74) is 2.20. The fourth-order valence-corrected chi connectivity index (χ4v) is 2.29. The molecule has 0 aliphatic carbocycles. The van der Waals surface area contributed by atoms with Gasteiger partial charge in [0.1, 0.15) is 5.76 Å². The van der Waals surface area contributed by atoms with E-state index in [4.69, 9.17) is 16.6 Å². The van der Waals surface area contributed by atoms with Crippen LogP contribution in [0.25, 0.3) is 0 Å². The highest BCUT2D eigenvalue weighted by Gasteiger charge is 2.03. The van der Waals surface area contributed by atoms with Crippen LogP contribution in [-0.2, 0) is 6.54 Å². The number of rotatable bonds is 6. The Balaban J connectivity index is 1.86. The Morgan fingerprint density at radius 3 is 2.43 bits per heavy atom. The molecule has 0 atom stereocenters. The van der Waals surface area contributed by atoms with Crippen LogP contribution in [0.5, 0.6) is 0 Å². The van der Waals surface area contributed by atoms with Crippen molar-refractivity contribution in [3.05, 3.63) is 48.4 Å². The number of anilines is 2. The molecule has 5 heteroatoms. The van der Waals surface area contributed by atoms with Crippen molar-refractivity contribution in [3.8, 4) is 0 Å². The van der Waals surface area contributed by atoms with Crippen molar-refractivity contribution < 1.29 is 4.42 Å². The third-order valence-corrected chi connectivity index (χ3v) is 3.50. The molecule has 0 saturated heterocycles. The molecule has 1 heterocycles. The zero-order valence-electron chi connectivity index (χ0n) is 12.4. The molecule has 0 amide bonds. The van der Waals surface area contributed by atoms with E-state index < -0.39 is 0 Å². The van der Waals surface area contributed by atoms with Gasteiger partial charge in [-0.25, -0.2) is 0 Å². The van der Waals surface area contributed by atoms with Gasteiger partial charge in [0.2, 0.25) is 0 Å². The molecule has 2 rings (SSSR count). The molecule has 0 unspecified atom stereocenters. The van der Waals surface area contributed by atoms with Crippen LogP contribution in [0.15, 0.2) is 47.1 Å². The van der Waals surface area contributed by atoms with E-state index in [1.165, 1.54) is 5.69 Å². The molecule has 1 aromatic carbocycles. The third-order valence-electron chi connectivity index (χ3n) is 3.26. The van der Waals surface area contributed by atoms with Crippen molar-refractivity contribution >= 4 is 28.7 Å². The maximum atomic E-state index is 5.26. The zero-order valence-corrected chi connectivity index (χ0v) is 13.2. The van der Waals surface area contributed by atoms with Crippen LogP contribution in [0, 0.1) is 0 Å². The molecule has 0 radical (unpaired) electrons. The first kappa shape index (κ1) is 15.4. The SMILES string of the molecule is CCN(CC)c1ccc(NC(=S)NCc2ccco2)cc1. The maximum absolute atomic E-state index is 5.26. The number of nitrogens with one attached hydrogen (secondary N) is 2. The van der Waals surface area contributed by atoms with Gasteiger partial charge in [0.25, 0.3) is 0 Å². The minimum atomic E-state index is 0.580. The molecular weight excluding hydrogens is 282 g/mol. The van der Waals surface area contributed by atoms with Crippen LogP contribution >= 0.6 is 12.2 Å². The monoisotopic (exact) mass is 303 g/mol. The fourth-order valence-electron chi connectivity index (χ4n) is 2.10. The van der Waals surface area contributed by atoms with E-state index in [1.807, 2.05) is 24.3 Å². The van der Waals surface area contributed by atoms with Crippen LogP contribution in [0.4, 0.5) is 11.4 Å². The molecule has 112 valence electrons. The van der Waals surface area contributed by atoms with Crippen molar-refractivity contribution in [2.24, 2.45) is 0 Å². The fraction of sp³-hybridized carbons (Fsp3) is 0.312. The summed E-state index contributed by atoms with van der Waals surface area (Å²) in [5.74, 6) is 0.857. The summed E-state index contributed by atoms with van der Waals surface area (Å²) in [6.07, 6.45) is 1.65. The average molecular weight is 303 g/mol. The molecular formula is C16H21N3OS. The Bertz CT molecular complexity index is 547. The second-order valence-corrected chi connectivity index (χ2v) is 5.01. The van der Waals surface area contributed by atoms with Crippen LogP contribution in [0.2, 0.25) is 0 Å². The Morgan fingerprint density at radius 2 is 1.86 bits per heavy atom. The number of nitrogens with zero attached hydrogens (tertiary/aromatic N) is 1. The summed E-state index contributed by atoms with van der Waals surface area (Å²) in [6, 6.07) is 12.0. The van der Waals surface area contributed by atoms with Gasteiger partial charge in [-0.3, -0.25) is 0 Å². The summed E-state index contributed by atoms with van der Waals surface area (Å²) >= 11 is 5.26. The summed E-state index contributed by atoms with van der Waals surface area (Å²) < 4.78 is 5.25. The zero-order chi connectivity index (χ0) is 15.1. The van der Waals surface area contributed by atoms with Crippen molar-refractivity contribution in [3.63, 3.8) is 0 Å². The smallest absolute Gasteiger partial charge is 0.171 e. The Labute approximate surface area is 131 Å². The number of hydrogen-bond donors (Lipinski definition) is 2. The molecule has 21 heavy (non-hydrogen) atoms. The predicted molar refractivity (Wildman–Crippen MR) is 91.8 cm³/mol. The molecule has 0 aliphatic rings. The highest BCUT2D eigenvalue weighted by molar-refractivity contribution is 7.80. The van der Waals surface area contributed by atoms with Crippen molar-refractivity contribution in [1.82, 2.24) is 5.32 Å². The van der Waals surface area contributed by atoms with Crippen LogP contribution in [-0.4, -0.2) is 18.2 Å². The first-order chi connectivity index (χ1) is 10.2. The summed E-state index contributed by atoms with van der Waals surface area (Å²) in [7, 11) is 0. The number of hydrogen-bond acceptors (Lipinski definition) is 3. The molecule has 0 bridgehead atoms. The van der Waals surface area contributed by atoms with Crippen LogP contribution in [0.1, 0.15) is 19.6 Å². The Morgan fingerprint density at radius 1 is 1.14 bits per heavy atom.